The first kappa shape index (κ1) is 15.3. The standard InChI is InChI=1S/C16H16Cl2FN/c1-20-10-13(11-3-2-4-14(17)8-11)7-12-9-15(18)5-6-16(12)19/h2-6,8-9,13,20H,7,10H2,1H3. The van der Waals surface area contributed by atoms with Gasteiger partial charge in [-0.25, -0.2) is 4.39 Å². The molecule has 0 radical (unpaired) electrons. The molecule has 1 atom stereocenters. The quantitative estimate of drug-likeness (QED) is 0.845. The largest absolute Gasteiger partial charge is 0.319 e. The van der Waals surface area contributed by atoms with Crippen LogP contribution in [0.1, 0.15) is 17.0 Å². The monoisotopic (exact) mass is 311 g/mol. The normalized spacial score (nSPS) is 12.4. The molecule has 0 bridgehead atoms. The number of hydrogen-bond donors (Lipinski definition) is 1. The van der Waals surface area contributed by atoms with E-state index >= 15 is 0 Å². The van der Waals surface area contributed by atoms with E-state index < -0.39 is 0 Å². The molecule has 1 N–H and O–H groups in total. The Labute approximate surface area is 128 Å². The van der Waals surface area contributed by atoms with Crippen LogP contribution in [0.25, 0.3) is 0 Å². The molecule has 20 heavy (non-hydrogen) atoms. The van der Waals surface area contributed by atoms with Gasteiger partial charge in [0, 0.05) is 22.5 Å². The van der Waals surface area contributed by atoms with E-state index in [1.54, 1.807) is 12.1 Å². The van der Waals surface area contributed by atoms with Crippen molar-refractivity contribution in [2.75, 3.05) is 13.6 Å². The third kappa shape index (κ3) is 3.95. The van der Waals surface area contributed by atoms with Gasteiger partial charge in [-0.3, -0.25) is 0 Å². The van der Waals surface area contributed by atoms with Crippen LogP contribution in [0.15, 0.2) is 42.5 Å². The summed E-state index contributed by atoms with van der Waals surface area (Å²) in [5.41, 5.74) is 1.71. The SMILES string of the molecule is CNCC(Cc1cc(Cl)ccc1F)c1cccc(Cl)c1. The molecular formula is C16H16Cl2FN. The highest BCUT2D eigenvalue weighted by Gasteiger charge is 2.15. The van der Waals surface area contributed by atoms with E-state index in [2.05, 4.69) is 5.32 Å². The Bertz CT molecular complexity index is 586. The zero-order valence-corrected chi connectivity index (χ0v) is 12.7. The molecule has 0 aromatic heterocycles. The second-order valence-corrected chi connectivity index (χ2v) is 5.62. The maximum Gasteiger partial charge on any atom is 0.126 e. The van der Waals surface area contributed by atoms with Crippen molar-refractivity contribution >= 4 is 23.2 Å². The van der Waals surface area contributed by atoms with Gasteiger partial charge in [0.2, 0.25) is 0 Å². The van der Waals surface area contributed by atoms with E-state index in [0.29, 0.717) is 22.0 Å². The highest BCUT2D eigenvalue weighted by Crippen LogP contribution is 2.25. The highest BCUT2D eigenvalue weighted by molar-refractivity contribution is 6.30. The lowest BCUT2D eigenvalue weighted by Crippen LogP contribution is -2.19. The molecule has 0 aliphatic carbocycles. The van der Waals surface area contributed by atoms with E-state index in [0.717, 1.165) is 12.1 Å². The summed E-state index contributed by atoms with van der Waals surface area (Å²) < 4.78 is 13.9. The van der Waals surface area contributed by atoms with Crippen LogP contribution in [0.5, 0.6) is 0 Å². The predicted octanol–water partition coefficient (Wildman–Crippen LogP) is 4.68. The average Bonchev–Trinajstić information content (AvgIpc) is 2.42. The Morgan fingerprint density at radius 1 is 1.10 bits per heavy atom. The van der Waals surface area contributed by atoms with Crippen molar-refractivity contribution in [3.05, 3.63) is 69.5 Å². The molecule has 0 fully saturated rings. The van der Waals surface area contributed by atoms with Gasteiger partial charge in [0.1, 0.15) is 5.82 Å². The number of benzene rings is 2. The van der Waals surface area contributed by atoms with E-state index in [9.17, 15) is 4.39 Å². The van der Waals surface area contributed by atoms with E-state index in [-0.39, 0.29) is 11.7 Å². The number of likely N-dealkylation sites (N-methyl/N-ethyl adjacent to an activating group) is 1. The molecule has 1 nitrogen and oxygen atoms in total. The summed E-state index contributed by atoms with van der Waals surface area (Å²) in [6.07, 6.45) is 0.577. The number of nitrogens with one attached hydrogen (secondary N) is 1. The van der Waals surface area contributed by atoms with Crippen LogP contribution < -0.4 is 5.32 Å². The fraction of sp³-hybridized carbons (Fsp3) is 0.250. The summed E-state index contributed by atoms with van der Waals surface area (Å²) in [5.74, 6) is -0.0794. The van der Waals surface area contributed by atoms with Crippen molar-refractivity contribution < 1.29 is 4.39 Å². The molecule has 2 rings (SSSR count). The number of halogens is 3. The van der Waals surface area contributed by atoms with Gasteiger partial charge in [-0.15, -0.1) is 0 Å². The van der Waals surface area contributed by atoms with Crippen LogP contribution >= 0.6 is 23.2 Å². The molecule has 0 aliphatic heterocycles. The minimum atomic E-state index is -0.225. The summed E-state index contributed by atoms with van der Waals surface area (Å²) in [4.78, 5) is 0. The van der Waals surface area contributed by atoms with Gasteiger partial charge in [0.25, 0.3) is 0 Å². The summed E-state index contributed by atoms with van der Waals surface area (Å²) in [6.45, 7) is 0.742. The third-order valence-electron chi connectivity index (χ3n) is 3.24. The Morgan fingerprint density at radius 2 is 1.85 bits per heavy atom. The molecule has 0 heterocycles. The van der Waals surface area contributed by atoms with E-state index in [1.807, 2.05) is 31.3 Å². The molecule has 1 unspecified atom stereocenters. The van der Waals surface area contributed by atoms with Crippen LogP contribution in [0, 0.1) is 5.82 Å². The van der Waals surface area contributed by atoms with E-state index in [1.165, 1.54) is 6.07 Å². The van der Waals surface area contributed by atoms with Crippen LogP contribution in [-0.2, 0) is 6.42 Å². The molecule has 4 heteroatoms. The van der Waals surface area contributed by atoms with Crippen LogP contribution in [0.2, 0.25) is 10.0 Å². The number of rotatable bonds is 5. The lowest BCUT2D eigenvalue weighted by molar-refractivity contribution is 0.574. The lowest BCUT2D eigenvalue weighted by Gasteiger charge is -2.18. The summed E-state index contributed by atoms with van der Waals surface area (Å²) in [7, 11) is 1.88. The lowest BCUT2D eigenvalue weighted by atomic mass is 9.91. The first-order valence-corrected chi connectivity index (χ1v) is 7.19. The van der Waals surface area contributed by atoms with Gasteiger partial charge < -0.3 is 5.32 Å². The third-order valence-corrected chi connectivity index (χ3v) is 3.71. The zero-order chi connectivity index (χ0) is 14.5. The second kappa shape index (κ2) is 7.07. The Balaban J connectivity index is 2.27. The molecule has 2 aromatic carbocycles. The Hall–Kier alpha value is -1.09. The van der Waals surface area contributed by atoms with Gasteiger partial charge in [-0.1, -0.05) is 35.3 Å². The van der Waals surface area contributed by atoms with Crippen molar-refractivity contribution in [1.29, 1.82) is 0 Å². The highest BCUT2D eigenvalue weighted by atomic mass is 35.5. The van der Waals surface area contributed by atoms with Crippen molar-refractivity contribution in [3.63, 3.8) is 0 Å². The fourth-order valence-electron chi connectivity index (χ4n) is 2.28. The molecular weight excluding hydrogens is 296 g/mol. The maximum absolute atomic E-state index is 13.9. The van der Waals surface area contributed by atoms with Gasteiger partial charge in [-0.05, 0) is 54.9 Å². The van der Waals surface area contributed by atoms with Gasteiger partial charge in [0.15, 0.2) is 0 Å². The maximum atomic E-state index is 13.9. The van der Waals surface area contributed by atoms with Crippen molar-refractivity contribution in [2.24, 2.45) is 0 Å². The number of hydrogen-bond acceptors (Lipinski definition) is 1. The fourth-order valence-corrected chi connectivity index (χ4v) is 2.67. The first-order chi connectivity index (χ1) is 9.60. The van der Waals surface area contributed by atoms with Gasteiger partial charge in [0.05, 0.1) is 0 Å². The molecule has 0 amide bonds. The van der Waals surface area contributed by atoms with Gasteiger partial charge >= 0.3 is 0 Å². The van der Waals surface area contributed by atoms with Gasteiger partial charge in [-0.2, -0.15) is 0 Å². The topological polar surface area (TPSA) is 12.0 Å². The molecule has 0 saturated heterocycles. The Morgan fingerprint density at radius 3 is 2.55 bits per heavy atom. The molecule has 0 spiro atoms. The molecule has 2 aromatic rings. The smallest absolute Gasteiger partial charge is 0.126 e. The van der Waals surface area contributed by atoms with Crippen LogP contribution in [-0.4, -0.2) is 13.6 Å². The molecule has 106 valence electrons. The van der Waals surface area contributed by atoms with Crippen molar-refractivity contribution in [3.8, 4) is 0 Å². The van der Waals surface area contributed by atoms with Crippen LogP contribution in [0.4, 0.5) is 4.39 Å². The van der Waals surface area contributed by atoms with E-state index in [4.69, 9.17) is 23.2 Å². The summed E-state index contributed by atoms with van der Waals surface area (Å²) in [5, 5.41) is 4.38. The van der Waals surface area contributed by atoms with Crippen molar-refractivity contribution in [1.82, 2.24) is 5.32 Å². The predicted molar refractivity (Wildman–Crippen MR) is 83.2 cm³/mol. The summed E-state index contributed by atoms with van der Waals surface area (Å²) >= 11 is 12.0. The second-order valence-electron chi connectivity index (χ2n) is 4.75. The molecule has 0 saturated carbocycles. The first-order valence-electron chi connectivity index (χ1n) is 6.44. The minimum absolute atomic E-state index is 0.145. The summed E-state index contributed by atoms with van der Waals surface area (Å²) in [6, 6.07) is 12.3. The van der Waals surface area contributed by atoms with Crippen molar-refractivity contribution in [2.45, 2.75) is 12.3 Å². The molecule has 0 aliphatic rings. The Kier molecular flexibility index (Phi) is 5.41. The zero-order valence-electron chi connectivity index (χ0n) is 11.2. The minimum Gasteiger partial charge on any atom is -0.319 e. The average molecular weight is 312 g/mol. The van der Waals surface area contributed by atoms with Crippen LogP contribution in [0.3, 0.4) is 0 Å².